The first kappa shape index (κ1) is 13.6. The predicted molar refractivity (Wildman–Crippen MR) is 59.9 cm³/mol. The van der Waals surface area contributed by atoms with E-state index in [-0.39, 0.29) is 5.69 Å². The molecule has 0 aliphatic carbocycles. The van der Waals surface area contributed by atoms with E-state index in [2.05, 4.69) is 10.3 Å². The van der Waals surface area contributed by atoms with Crippen LogP contribution in [-0.2, 0) is 27.4 Å². The molecular weight excluding hydrogens is 246 g/mol. The topological polar surface area (TPSA) is 102 Å². The maximum absolute atomic E-state index is 11.9. The maximum atomic E-state index is 11.9. The Kier molecular flexibility index (Phi) is 3.87. The fourth-order valence-electron chi connectivity index (χ4n) is 1.61. The van der Waals surface area contributed by atoms with Gasteiger partial charge in [-0.3, -0.25) is 9.48 Å². The molecule has 0 fully saturated rings. The largest absolute Gasteiger partial charge is 0.480 e. The minimum Gasteiger partial charge on any atom is -0.480 e. The van der Waals surface area contributed by atoms with Crippen molar-refractivity contribution >= 4 is 15.8 Å². The van der Waals surface area contributed by atoms with Crippen LogP contribution in [-0.4, -0.2) is 39.7 Å². The highest BCUT2D eigenvalue weighted by molar-refractivity contribution is 7.92. The van der Waals surface area contributed by atoms with Gasteiger partial charge < -0.3 is 5.11 Å². The van der Waals surface area contributed by atoms with E-state index in [1.165, 1.54) is 10.9 Å². The van der Waals surface area contributed by atoms with E-state index in [4.69, 9.17) is 5.11 Å². The molecule has 8 heteroatoms. The molecular formula is C9H15N3O4S. The fourth-order valence-corrected chi connectivity index (χ4v) is 3.47. The minimum absolute atomic E-state index is 0.249. The lowest BCUT2D eigenvalue weighted by Gasteiger charge is -2.15. The number of aromatic nitrogens is 3. The van der Waals surface area contributed by atoms with Crippen LogP contribution in [0.1, 0.15) is 19.5 Å². The Labute approximate surface area is 99.4 Å². The molecule has 0 aliphatic heterocycles. The molecule has 0 bridgehead atoms. The van der Waals surface area contributed by atoms with Gasteiger partial charge in [0.15, 0.2) is 15.1 Å². The Morgan fingerprint density at radius 2 is 2.12 bits per heavy atom. The smallest absolute Gasteiger partial charge is 0.322 e. The van der Waals surface area contributed by atoms with Crippen LogP contribution in [0.4, 0.5) is 0 Å². The molecule has 0 radical (unpaired) electrons. The molecule has 1 aromatic rings. The standard InChI is InChI=1S/C9H15N3O4S/c1-6(2)8(9(13)14)17(15,16)5-7-4-12(3)11-10-7/h4,6,8H,5H2,1-3H3,(H,13,14). The van der Waals surface area contributed by atoms with Crippen molar-refractivity contribution in [3.05, 3.63) is 11.9 Å². The number of rotatable bonds is 5. The van der Waals surface area contributed by atoms with Crippen molar-refractivity contribution in [3.63, 3.8) is 0 Å². The van der Waals surface area contributed by atoms with E-state index >= 15 is 0 Å². The van der Waals surface area contributed by atoms with Crippen molar-refractivity contribution in [2.24, 2.45) is 13.0 Å². The fraction of sp³-hybridized carbons (Fsp3) is 0.667. The van der Waals surface area contributed by atoms with Crippen molar-refractivity contribution in [2.45, 2.75) is 24.9 Å². The van der Waals surface area contributed by atoms with Crippen LogP contribution in [0.2, 0.25) is 0 Å². The Bertz CT molecular complexity index is 506. The molecule has 1 rings (SSSR count). The van der Waals surface area contributed by atoms with Gasteiger partial charge in [0, 0.05) is 13.2 Å². The molecule has 1 N–H and O–H groups in total. The Morgan fingerprint density at radius 3 is 2.47 bits per heavy atom. The number of sulfone groups is 1. The number of carbonyl (C=O) groups is 1. The second-order valence-corrected chi connectivity index (χ2v) is 6.32. The first-order valence-electron chi connectivity index (χ1n) is 5.03. The average molecular weight is 261 g/mol. The zero-order chi connectivity index (χ0) is 13.2. The highest BCUT2D eigenvalue weighted by atomic mass is 32.2. The van der Waals surface area contributed by atoms with Crippen LogP contribution in [0.25, 0.3) is 0 Å². The maximum Gasteiger partial charge on any atom is 0.322 e. The number of carboxylic acid groups (broad SMARTS) is 1. The number of nitrogens with zero attached hydrogens (tertiary/aromatic N) is 3. The zero-order valence-corrected chi connectivity index (χ0v) is 10.7. The summed E-state index contributed by atoms with van der Waals surface area (Å²) in [5, 5.41) is 14.8. The van der Waals surface area contributed by atoms with Gasteiger partial charge in [-0.1, -0.05) is 19.1 Å². The van der Waals surface area contributed by atoms with Gasteiger partial charge in [0.05, 0.1) is 11.4 Å². The normalized spacial score (nSPS) is 13.9. The number of hydrogen-bond donors (Lipinski definition) is 1. The molecule has 0 aromatic carbocycles. The minimum atomic E-state index is -3.78. The van der Waals surface area contributed by atoms with Gasteiger partial charge in [-0.05, 0) is 5.92 Å². The third-order valence-corrected chi connectivity index (χ3v) is 4.45. The van der Waals surface area contributed by atoms with Crippen molar-refractivity contribution in [1.82, 2.24) is 15.0 Å². The summed E-state index contributed by atoms with van der Waals surface area (Å²) < 4.78 is 25.2. The summed E-state index contributed by atoms with van der Waals surface area (Å²) in [6.45, 7) is 3.13. The van der Waals surface area contributed by atoms with Gasteiger partial charge in [0.1, 0.15) is 0 Å². The number of carboxylic acids is 1. The first-order chi connectivity index (χ1) is 7.74. The van der Waals surface area contributed by atoms with Gasteiger partial charge >= 0.3 is 5.97 Å². The summed E-state index contributed by atoms with van der Waals surface area (Å²) in [4.78, 5) is 11.0. The van der Waals surface area contributed by atoms with Crippen LogP contribution in [0.5, 0.6) is 0 Å². The molecule has 96 valence electrons. The van der Waals surface area contributed by atoms with Crippen LogP contribution in [0.3, 0.4) is 0 Å². The van der Waals surface area contributed by atoms with Crippen molar-refractivity contribution in [3.8, 4) is 0 Å². The Balaban J connectivity index is 2.98. The van der Waals surface area contributed by atoms with Crippen LogP contribution < -0.4 is 0 Å². The van der Waals surface area contributed by atoms with Gasteiger partial charge in [-0.2, -0.15) is 0 Å². The van der Waals surface area contributed by atoms with E-state index < -0.39 is 32.7 Å². The van der Waals surface area contributed by atoms with Crippen LogP contribution in [0, 0.1) is 5.92 Å². The molecule has 1 aromatic heterocycles. The van der Waals surface area contributed by atoms with Crippen molar-refractivity contribution in [2.75, 3.05) is 0 Å². The van der Waals surface area contributed by atoms with Gasteiger partial charge in [0.2, 0.25) is 0 Å². The summed E-state index contributed by atoms with van der Waals surface area (Å²) in [6.07, 6.45) is 1.46. The molecule has 1 atom stereocenters. The highest BCUT2D eigenvalue weighted by Gasteiger charge is 2.35. The van der Waals surface area contributed by atoms with E-state index in [0.29, 0.717) is 0 Å². The molecule has 1 heterocycles. The molecule has 0 amide bonds. The number of aliphatic carboxylic acids is 1. The predicted octanol–water partition coefficient (Wildman–Crippen LogP) is -0.161. The van der Waals surface area contributed by atoms with E-state index in [0.717, 1.165) is 0 Å². The van der Waals surface area contributed by atoms with E-state index in [9.17, 15) is 13.2 Å². The molecule has 0 aliphatic rings. The van der Waals surface area contributed by atoms with Crippen LogP contribution >= 0.6 is 0 Å². The summed E-state index contributed by atoms with van der Waals surface area (Å²) in [5.41, 5.74) is 0.249. The molecule has 0 saturated heterocycles. The summed E-state index contributed by atoms with van der Waals surface area (Å²) >= 11 is 0. The van der Waals surface area contributed by atoms with Crippen molar-refractivity contribution < 1.29 is 18.3 Å². The van der Waals surface area contributed by atoms with E-state index in [1.54, 1.807) is 20.9 Å². The van der Waals surface area contributed by atoms with E-state index in [1.807, 2.05) is 0 Å². The Morgan fingerprint density at radius 1 is 1.53 bits per heavy atom. The molecule has 17 heavy (non-hydrogen) atoms. The van der Waals surface area contributed by atoms with Gasteiger partial charge in [-0.15, -0.1) is 5.10 Å². The molecule has 0 saturated carbocycles. The average Bonchev–Trinajstić information content (AvgIpc) is 2.47. The second kappa shape index (κ2) is 4.82. The van der Waals surface area contributed by atoms with Gasteiger partial charge in [0.25, 0.3) is 0 Å². The molecule has 7 nitrogen and oxygen atoms in total. The number of hydrogen-bond acceptors (Lipinski definition) is 5. The third-order valence-electron chi connectivity index (χ3n) is 2.23. The highest BCUT2D eigenvalue weighted by Crippen LogP contribution is 2.17. The number of aryl methyl sites for hydroxylation is 1. The molecule has 0 spiro atoms. The lowest BCUT2D eigenvalue weighted by atomic mass is 10.1. The third kappa shape index (κ3) is 3.26. The Hall–Kier alpha value is -1.44. The molecule has 1 unspecified atom stereocenters. The SMILES string of the molecule is CC(C)C(C(=O)O)S(=O)(=O)Cc1cn(C)nn1. The lowest BCUT2D eigenvalue weighted by molar-refractivity contribution is -0.137. The van der Waals surface area contributed by atoms with Crippen molar-refractivity contribution in [1.29, 1.82) is 0 Å². The summed E-state index contributed by atoms with van der Waals surface area (Å²) in [5.74, 6) is -2.23. The van der Waals surface area contributed by atoms with Crippen LogP contribution in [0.15, 0.2) is 6.20 Å². The second-order valence-electron chi connectivity index (χ2n) is 4.19. The quantitative estimate of drug-likeness (QED) is 0.790. The lowest BCUT2D eigenvalue weighted by Crippen LogP contribution is -2.35. The zero-order valence-electron chi connectivity index (χ0n) is 9.86. The summed E-state index contributed by atoms with van der Waals surface area (Å²) in [6, 6.07) is 0. The summed E-state index contributed by atoms with van der Waals surface area (Å²) in [7, 11) is -2.16. The monoisotopic (exact) mass is 261 g/mol. The first-order valence-corrected chi connectivity index (χ1v) is 6.75. The van der Waals surface area contributed by atoms with Gasteiger partial charge in [-0.25, -0.2) is 8.42 Å².